The summed E-state index contributed by atoms with van der Waals surface area (Å²) in [5.74, 6) is 1.58. The van der Waals surface area contributed by atoms with Crippen molar-refractivity contribution in [2.24, 2.45) is 0 Å². The Balaban J connectivity index is 1.37. The Morgan fingerprint density at radius 2 is 2.03 bits per heavy atom. The number of halogens is 1. The molecule has 1 aliphatic rings. The first-order valence-corrected chi connectivity index (χ1v) is 11.6. The lowest BCUT2D eigenvalue weighted by Crippen LogP contribution is -2.27. The van der Waals surface area contributed by atoms with Gasteiger partial charge in [0.05, 0.1) is 28.7 Å². The number of rotatable bonds is 8. The van der Waals surface area contributed by atoms with Gasteiger partial charge in [0.2, 0.25) is 0 Å². The lowest BCUT2D eigenvalue weighted by Gasteiger charge is -2.30. The summed E-state index contributed by atoms with van der Waals surface area (Å²) < 4.78 is 11.4. The quantitative estimate of drug-likeness (QED) is 0.420. The molecule has 0 saturated carbocycles. The van der Waals surface area contributed by atoms with E-state index in [-0.39, 0.29) is 5.91 Å². The Morgan fingerprint density at radius 3 is 2.84 bits per heavy atom. The van der Waals surface area contributed by atoms with Gasteiger partial charge in [0.1, 0.15) is 18.1 Å². The van der Waals surface area contributed by atoms with E-state index in [0.29, 0.717) is 29.6 Å². The zero-order chi connectivity index (χ0) is 21.6. The number of nitrogens with one attached hydrogen (secondary N) is 1. The maximum absolute atomic E-state index is 12.7. The van der Waals surface area contributed by atoms with E-state index in [1.54, 1.807) is 0 Å². The van der Waals surface area contributed by atoms with E-state index in [1.807, 2.05) is 54.6 Å². The molecule has 0 unspecified atom stereocenters. The zero-order valence-corrected chi connectivity index (χ0v) is 19.0. The first-order chi connectivity index (χ1) is 15.1. The number of nitrogens with zero attached hydrogens (tertiary/aromatic N) is 1. The van der Waals surface area contributed by atoms with Gasteiger partial charge in [0, 0.05) is 11.6 Å². The number of benzene rings is 2. The van der Waals surface area contributed by atoms with Crippen molar-refractivity contribution in [3.63, 3.8) is 0 Å². The smallest absolute Gasteiger partial charge is 0.261 e. The van der Waals surface area contributed by atoms with Crippen molar-refractivity contribution < 1.29 is 14.3 Å². The predicted molar refractivity (Wildman–Crippen MR) is 126 cm³/mol. The molecule has 1 aromatic heterocycles. The Bertz CT molecular complexity index is 1040. The molecule has 31 heavy (non-hydrogen) atoms. The molecule has 0 aliphatic carbocycles. The Kier molecular flexibility index (Phi) is 6.99. The molecule has 0 spiro atoms. The second-order valence-corrected chi connectivity index (χ2v) is 8.78. The Labute approximate surface area is 191 Å². The molecule has 2 aromatic carbocycles. The van der Waals surface area contributed by atoms with Gasteiger partial charge in [-0.05, 0) is 54.4 Å². The third kappa shape index (κ3) is 5.32. The predicted octanol–water partition coefficient (Wildman–Crippen LogP) is 6.04. The highest BCUT2D eigenvalue weighted by Gasteiger charge is 2.22. The number of anilines is 2. The van der Waals surface area contributed by atoms with Crippen molar-refractivity contribution >= 4 is 39.5 Å². The summed E-state index contributed by atoms with van der Waals surface area (Å²) in [5, 5.41) is 4.65. The number of hydrogen-bond donors (Lipinski definition) is 1. The molecule has 162 valence electrons. The number of amides is 1. The van der Waals surface area contributed by atoms with Gasteiger partial charge in [-0.1, -0.05) is 37.1 Å². The van der Waals surface area contributed by atoms with Crippen molar-refractivity contribution in [1.82, 2.24) is 5.32 Å². The van der Waals surface area contributed by atoms with E-state index >= 15 is 0 Å². The molecule has 5 nitrogen and oxygen atoms in total. The lowest BCUT2D eigenvalue weighted by atomic mass is 10.2. The fourth-order valence-electron chi connectivity index (χ4n) is 3.32. The topological polar surface area (TPSA) is 50.8 Å². The molecule has 3 aromatic rings. The Hall–Kier alpha value is -2.70. The number of thiophene rings is 1. The van der Waals surface area contributed by atoms with Gasteiger partial charge in [-0.3, -0.25) is 4.79 Å². The van der Waals surface area contributed by atoms with E-state index in [4.69, 9.17) is 21.1 Å². The number of unbranched alkanes of at least 4 members (excludes halogenated alkanes) is 1. The maximum Gasteiger partial charge on any atom is 0.261 e. The SMILES string of the molecule is CCCCOc1ccc(CNC(=O)c2ccc(N3CCOc4ccc(Cl)cc43)s2)cc1. The summed E-state index contributed by atoms with van der Waals surface area (Å²) in [6, 6.07) is 17.3. The van der Waals surface area contributed by atoms with Crippen LogP contribution in [0.4, 0.5) is 10.7 Å². The monoisotopic (exact) mass is 456 g/mol. The minimum atomic E-state index is -0.0842. The van der Waals surface area contributed by atoms with Crippen molar-refractivity contribution in [1.29, 1.82) is 0 Å². The van der Waals surface area contributed by atoms with Crippen LogP contribution in [0, 0.1) is 0 Å². The number of ether oxygens (including phenoxy) is 2. The first-order valence-electron chi connectivity index (χ1n) is 10.4. The molecule has 7 heteroatoms. The third-order valence-corrected chi connectivity index (χ3v) is 6.35. The average molecular weight is 457 g/mol. The van der Waals surface area contributed by atoms with E-state index in [9.17, 15) is 4.79 Å². The summed E-state index contributed by atoms with van der Waals surface area (Å²) in [5.41, 5.74) is 1.96. The summed E-state index contributed by atoms with van der Waals surface area (Å²) in [6.07, 6.45) is 2.16. The van der Waals surface area contributed by atoms with Crippen LogP contribution in [-0.4, -0.2) is 25.7 Å². The number of hydrogen-bond acceptors (Lipinski definition) is 5. The van der Waals surface area contributed by atoms with E-state index in [2.05, 4.69) is 17.1 Å². The van der Waals surface area contributed by atoms with Crippen LogP contribution in [0.3, 0.4) is 0 Å². The van der Waals surface area contributed by atoms with Gasteiger partial charge in [0.25, 0.3) is 5.91 Å². The fraction of sp³-hybridized carbons (Fsp3) is 0.292. The molecular weight excluding hydrogens is 432 g/mol. The second kappa shape index (κ2) is 10.1. The zero-order valence-electron chi connectivity index (χ0n) is 17.4. The van der Waals surface area contributed by atoms with Crippen LogP contribution in [0.5, 0.6) is 11.5 Å². The second-order valence-electron chi connectivity index (χ2n) is 7.28. The van der Waals surface area contributed by atoms with Crippen molar-refractivity contribution in [3.05, 3.63) is 70.1 Å². The van der Waals surface area contributed by atoms with Crippen LogP contribution in [0.15, 0.2) is 54.6 Å². The first kappa shape index (κ1) is 21.5. The van der Waals surface area contributed by atoms with Crippen molar-refractivity contribution in [2.45, 2.75) is 26.3 Å². The third-order valence-electron chi connectivity index (χ3n) is 5.01. The van der Waals surface area contributed by atoms with Gasteiger partial charge in [-0.15, -0.1) is 11.3 Å². The molecule has 0 fully saturated rings. The molecule has 0 saturated heterocycles. The average Bonchev–Trinajstić information content (AvgIpc) is 3.28. The van der Waals surface area contributed by atoms with Crippen LogP contribution in [-0.2, 0) is 6.54 Å². The number of carbonyl (C=O) groups is 1. The molecule has 0 atom stereocenters. The summed E-state index contributed by atoms with van der Waals surface area (Å²) in [4.78, 5) is 15.5. The molecule has 4 rings (SSSR count). The highest BCUT2D eigenvalue weighted by molar-refractivity contribution is 7.18. The maximum atomic E-state index is 12.7. The molecule has 0 bridgehead atoms. The van der Waals surface area contributed by atoms with E-state index < -0.39 is 0 Å². The highest BCUT2D eigenvalue weighted by atomic mass is 35.5. The minimum Gasteiger partial charge on any atom is -0.494 e. The molecule has 2 heterocycles. The van der Waals surface area contributed by atoms with Crippen molar-refractivity contribution in [2.75, 3.05) is 24.7 Å². The summed E-state index contributed by atoms with van der Waals surface area (Å²) >= 11 is 7.64. The number of carbonyl (C=O) groups excluding carboxylic acids is 1. The van der Waals surface area contributed by atoms with Gasteiger partial charge < -0.3 is 19.7 Å². The Morgan fingerprint density at radius 1 is 1.19 bits per heavy atom. The molecule has 1 N–H and O–H groups in total. The molecular formula is C24H25ClN2O3S. The van der Waals surface area contributed by atoms with E-state index in [1.165, 1.54) is 11.3 Å². The number of fused-ring (bicyclic) bond motifs is 1. The largest absolute Gasteiger partial charge is 0.494 e. The minimum absolute atomic E-state index is 0.0842. The van der Waals surface area contributed by atoms with E-state index in [0.717, 1.165) is 47.2 Å². The van der Waals surface area contributed by atoms with Crippen LogP contribution < -0.4 is 19.7 Å². The van der Waals surface area contributed by atoms with Crippen LogP contribution in [0.25, 0.3) is 0 Å². The van der Waals surface area contributed by atoms with Gasteiger partial charge in [0.15, 0.2) is 0 Å². The van der Waals surface area contributed by atoms with Crippen LogP contribution in [0.1, 0.15) is 35.0 Å². The standard InChI is InChI=1S/C24H25ClN2O3S/c1-2-3-13-29-19-7-4-17(5-8-19)16-26-24(28)22-10-11-23(31-22)27-12-14-30-21-9-6-18(25)15-20(21)27/h4-11,15H,2-3,12-14,16H2,1H3,(H,26,28). The molecule has 1 amide bonds. The fourth-order valence-corrected chi connectivity index (χ4v) is 4.45. The van der Waals surface area contributed by atoms with Gasteiger partial charge >= 0.3 is 0 Å². The lowest BCUT2D eigenvalue weighted by molar-refractivity contribution is 0.0955. The van der Waals surface area contributed by atoms with Crippen LogP contribution in [0.2, 0.25) is 5.02 Å². The van der Waals surface area contributed by atoms with Gasteiger partial charge in [-0.25, -0.2) is 0 Å². The normalized spacial score (nSPS) is 12.8. The molecule has 0 radical (unpaired) electrons. The summed E-state index contributed by atoms with van der Waals surface area (Å²) in [7, 11) is 0. The van der Waals surface area contributed by atoms with Gasteiger partial charge in [-0.2, -0.15) is 0 Å². The van der Waals surface area contributed by atoms with Crippen LogP contribution >= 0.6 is 22.9 Å². The van der Waals surface area contributed by atoms with Crippen molar-refractivity contribution in [3.8, 4) is 11.5 Å². The summed E-state index contributed by atoms with van der Waals surface area (Å²) in [6.45, 7) is 4.64. The molecule has 1 aliphatic heterocycles. The highest BCUT2D eigenvalue weighted by Crippen LogP contribution is 2.40.